The Morgan fingerprint density at radius 1 is 1.09 bits per heavy atom. The van der Waals surface area contributed by atoms with Crippen molar-refractivity contribution in [3.05, 3.63) is 76.8 Å². The Balaban J connectivity index is 1.94. The quantitative estimate of drug-likeness (QED) is 0.296. The summed E-state index contributed by atoms with van der Waals surface area (Å²) in [5, 5.41) is 4.40. The number of aromatic nitrogens is 1. The van der Waals surface area contributed by atoms with Gasteiger partial charge in [-0.15, -0.1) is 0 Å². The van der Waals surface area contributed by atoms with Crippen molar-refractivity contribution < 1.29 is 36.6 Å². The first kappa shape index (κ1) is 25.8. The molecule has 1 aromatic heterocycles. The molecule has 0 fully saturated rings. The Morgan fingerprint density at radius 2 is 1.77 bits per heavy atom. The zero-order valence-corrected chi connectivity index (χ0v) is 19.0. The lowest BCUT2D eigenvalue weighted by molar-refractivity contribution is -0.189. The highest BCUT2D eigenvalue weighted by Crippen LogP contribution is 2.33. The number of pyridine rings is 1. The van der Waals surface area contributed by atoms with Crippen molar-refractivity contribution in [3.8, 4) is 11.5 Å². The van der Waals surface area contributed by atoms with Gasteiger partial charge in [0.2, 0.25) is 0 Å². The number of benzene rings is 2. The van der Waals surface area contributed by atoms with E-state index in [-0.39, 0.29) is 16.6 Å². The molecule has 2 aromatic carbocycles. The molecule has 0 aliphatic rings. The van der Waals surface area contributed by atoms with E-state index in [0.29, 0.717) is 18.6 Å². The summed E-state index contributed by atoms with van der Waals surface area (Å²) >= 11 is 5.98. The number of carbonyl (C=O) groups is 2. The van der Waals surface area contributed by atoms with E-state index in [1.54, 1.807) is 25.1 Å². The minimum atomic E-state index is -4.79. The molecular formula is C23H18ClF4N3O4. The maximum atomic E-state index is 14.8. The third kappa shape index (κ3) is 6.60. The minimum Gasteiger partial charge on any atom is -0.480 e. The van der Waals surface area contributed by atoms with Crippen molar-refractivity contribution >= 4 is 35.0 Å². The molecule has 0 spiro atoms. The number of ether oxygens (including phenoxy) is 2. The molecule has 0 saturated carbocycles. The zero-order valence-electron chi connectivity index (χ0n) is 18.2. The van der Waals surface area contributed by atoms with Crippen LogP contribution in [0.1, 0.15) is 22.8 Å². The van der Waals surface area contributed by atoms with Crippen LogP contribution in [-0.2, 0) is 0 Å². The average molecular weight is 512 g/mol. The Hall–Kier alpha value is -3.86. The van der Waals surface area contributed by atoms with Crippen LogP contribution in [0.25, 0.3) is 0 Å². The van der Waals surface area contributed by atoms with E-state index in [1.165, 1.54) is 24.4 Å². The van der Waals surface area contributed by atoms with E-state index in [4.69, 9.17) is 21.1 Å². The van der Waals surface area contributed by atoms with Crippen LogP contribution < -0.4 is 20.1 Å². The minimum absolute atomic E-state index is 0.0769. The summed E-state index contributed by atoms with van der Waals surface area (Å²) in [6.07, 6.45) is -6.86. The molecule has 0 unspecified atom stereocenters. The van der Waals surface area contributed by atoms with Crippen LogP contribution in [0.15, 0.2) is 54.7 Å². The fraction of sp³-hybridized carbons (Fsp3) is 0.174. The third-order valence-corrected chi connectivity index (χ3v) is 4.91. The van der Waals surface area contributed by atoms with Gasteiger partial charge in [0.25, 0.3) is 5.91 Å². The fourth-order valence-electron chi connectivity index (χ4n) is 2.77. The standard InChI is InChI=1S/C23H18ClF4N3O4/c1-12-8-9-29-20(24)19(12)31-21(32)15-10-16(25)17(11-18(15)34-13(2)23(26,27)28)30-22(33)35-14-6-4-3-5-7-14/h3-11,13H,1-2H3,(H,30,33)(H,31,32)/t13-/m0/s1. The summed E-state index contributed by atoms with van der Waals surface area (Å²) in [6.45, 7) is 2.32. The first-order valence-corrected chi connectivity index (χ1v) is 10.4. The van der Waals surface area contributed by atoms with Crippen LogP contribution in [0, 0.1) is 12.7 Å². The molecule has 0 saturated heterocycles. The molecule has 1 atom stereocenters. The molecule has 0 aliphatic carbocycles. The van der Waals surface area contributed by atoms with Gasteiger partial charge in [0, 0.05) is 12.3 Å². The molecule has 2 N–H and O–H groups in total. The van der Waals surface area contributed by atoms with Crippen molar-refractivity contribution in [1.29, 1.82) is 0 Å². The van der Waals surface area contributed by atoms with E-state index in [1.807, 2.05) is 0 Å². The lowest BCUT2D eigenvalue weighted by Gasteiger charge is -2.21. The summed E-state index contributed by atoms with van der Waals surface area (Å²) in [5.74, 6) is -2.63. The van der Waals surface area contributed by atoms with Crippen LogP contribution in [0.5, 0.6) is 11.5 Å². The monoisotopic (exact) mass is 511 g/mol. The van der Waals surface area contributed by atoms with Crippen molar-refractivity contribution in [1.82, 2.24) is 4.98 Å². The maximum absolute atomic E-state index is 14.8. The molecule has 7 nitrogen and oxygen atoms in total. The second-order valence-electron chi connectivity index (χ2n) is 7.21. The molecule has 184 valence electrons. The summed E-state index contributed by atoms with van der Waals surface area (Å²) in [5.41, 5.74) is -0.544. The SMILES string of the molecule is Cc1ccnc(Cl)c1NC(=O)c1cc(F)c(NC(=O)Oc2ccccc2)cc1O[C@@H](C)C(F)(F)F. The van der Waals surface area contributed by atoms with Crippen molar-refractivity contribution in [2.24, 2.45) is 0 Å². The highest BCUT2D eigenvalue weighted by atomic mass is 35.5. The lowest BCUT2D eigenvalue weighted by Crippen LogP contribution is -2.32. The number of rotatable bonds is 6. The number of para-hydroxylation sites is 1. The summed E-state index contributed by atoms with van der Waals surface area (Å²) in [4.78, 5) is 28.8. The number of hydrogen-bond acceptors (Lipinski definition) is 5. The Bertz CT molecular complexity index is 1220. The second-order valence-corrected chi connectivity index (χ2v) is 7.56. The number of alkyl halides is 3. The molecule has 3 aromatic rings. The van der Waals surface area contributed by atoms with Crippen molar-refractivity contribution in [3.63, 3.8) is 0 Å². The van der Waals surface area contributed by atoms with E-state index < -0.39 is 47.1 Å². The number of nitrogens with one attached hydrogen (secondary N) is 2. The van der Waals surface area contributed by atoms with Gasteiger partial charge < -0.3 is 14.8 Å². The van der Waals surface area contributed by atoms with Crippen LogP contribution in [0.3, 0.4) is 0 Å². The van der Waals surface area contributed by atoms with E-state index in [9.17, 15) is 27.2 Å². The number of anilines is 2. The van der Waals surface area contributed by atoms with E-state index >= 15 is 0 Å². The lowest BCUT2D eigenvalue weighted by atomic mass is 10.1. The number of carbonyl (C=O) groups excluding carboxylic acids is 2. The molecule has 35 heavy (non-hydrogen) atoms. The largest absolute Gasteiger partial charge is 0.480 e. The predicted molar refractivity (Wildman–Crippen MR) is 121 cm³/mol. The van der Waals surface area contributed by atoms with Crippen LogP contribution in [0.2, 0.25) is 5.15 Å². The Labute approximate surface area is 202 Å². The topological polar surface area (TPSA) is 89.6 Å². The van der Waals surface area contributed by atoms with Crippen LogP contribution in [0.4, 0.5) is 33.7 Å². The smallest absolute Gasteiger partial charge is 0.425 e. The third-order valence-electron chi connectivity index (χ3n) is 4.62. The van der Waals surface area contributed by atoms with Gasteiger partial charge in [0.05, 0.1) is 16.9 Å². The van der Waals surface area contributed by atoms with E-state index in [0.717, 1.165) is 6.07 Å². The van der Waals surface area contributed by atoms with Crippen LogP contribution >= 0.6 is 11.6 Å². The van der Waals surface area contributed by atoms with Crippen LogP contribution in [-0.4, -0.2) is 29.3 Å². The average Bonchev–Trinajstić information content (AvgIpc) is 2.78. The number of halogens is 5. The van der Waals surface area contributed by atoms with Gasteiger partial charge in [0.15, 0.2) is 11.3 Å². The van der Waals surface area contributed by atoms with Gasteiger partial charge in [0.1, 0.15) is 17.3 Å². The molecule has 0 bridgehead atoms. The predicted octanol–water partition coefficient (Wildman–Crippen LogP) is 6.38. The molecule has 3 rings (SSSR count). The van der Waals surface area contributed by atoms with Gasteiger partial charge in [-0.2, -0.15) is 13.2 Å². The number of hydrogen-bond donors (Lipinski definition) is 2. The second kappa shape index (κ2) is 10.6. The van der Waals surface area contributed by atoms with Gasteiger partial charge in [-0.25, -0.2) is 14.2 Å². The Kier molecular flexibility index (Phi) is 7.80. The summed E-state index contributed by atoms with van der Waals surface area (Å²) in [6, 6.07) is 10.7. The normalized spacial score (nSPS) is 12.0. The first-order chi connectivity index (χ1) is 16.5. The maximum Gasteiger partial charge on any atom is 0.425 e. The van der Waals surface area contributed by atoms with Gasteiger partial charge in [-0.3, -0.25) is 10.1 Å². The first-order valence-electron chi connectivity index (χ1n) is 9.99. The van der Waals surface area contributed by atoms with Crippen molar-refractivity contribution in [2.75, 3.05) is 10.6 Å². The Morgan fingerprint density at radius 3 is 2.40 bits per heavy atom. The highest BCUT2D eigenvalue weighted by molar-refractivity contribution is 6.33. The molecule has 0 aliphatic heterocycles. The zero-order chi connectivity index (χ0) is 25.8. The number of aryl methyl sites for hydroxylation is 1. The summed E-state index contributed by atoms with van der Waals surface area (Å²) in [7, 11) is 0. The van der Waals surface area contributed by atoms with Gasteiger partial charge in [-0.1, -0.05) is 29.8 Å². The fourth-order valence-corrected chi connectivity index (χ4v) is 3.02. The van der Waals surface area contributed by atoms with E-state index in [2.05, 4.69) is 15.6 Å². The molecular weight excluding hydrogens is 494 g/mol. The summed E-state index contributed by atoms with van der Waals surface area (Å²) < 4.78 is 64.1. The highest BCUT2D eigenvalue weighted by Gasteiger charge is 2.39. The van der Waals surface area contributed by atoms with Gasteiger partial charge >= 0.3 is 12.3 Å². The van der Waals surface area contributed by atoms with Crippen molar-refractivity contribution in [2.45, 2.75) is 26.1 Å². The number of amides is 2. The molecule has 12 heteroatoms. The molecule has 1 heterocycles. The molecule has 0 radical (unpaired) electrons. The molecule has 2 amide bonds. The number of nitrogens with zero attached hydrogens (tertiary/aromatic N) is 1. The van der Waals surface area contributed by atoms with Gasteiger partial charge in [-0.05, 0) is 43.7 Å².